The van der Waals surface area contributed by atoms with E-state index in [9.17, 15) is 15.0 Å². The van der Waals surface area contributed by atoms with Crippen molar-refractivity contribution in [2.24, 2.45) is 22.1 Å². The number of aliphatic hydroxyl groups is 1. The van der Waals surface area contributed by atoms with Crippen molar-refractivity contribution in [3.8, 4) is 23.3 Å². The van der Waals surface area contributed by atoms with Gasteiger partial charge in [-0.05, 0) is 49.8 Å². The van der Waals surface area contributed by atoms with E-state index in [1.54, 1.807) is 19.2 Å². The molecule has 0 saturated carbocycles. The zero-order valence-corrected chi connectivity index (χ0v) is 20.8. The van der Waals surface area contributed by atoms with Crippen LogP contribution in [0.5, 0.6) is 11.5 Å². The molecule has 0 unspecified atom stereocenters. The van der Waals surface area contributed by atoms with Gasteiger partial charge in [-0.3, -0.25) is 9.79 Å². The third-order valence-electron chi connectivity index (χ3n) is 6.94. The average molecular weight is 484 g/mol. The van der Waals surface area contributed by atoms with E-state index in [1.165, 1.54) is 14.0 Å². The number of hydrogen-bond donors (Lipinski definition) is 4. The Morgan fingerprint density at radius 1 is 1.37 bits per heavy atom. The lowest BCUT2D eigenvalue weighted by atomic mass is 9.69. The first-order chi connectivity index (χ1) is 16.8. The largest absolute Gasteiger partial charge is 0.504 e. The van der Waals surface area contributed by atoms with E-state index >= 15 is 0 Å². The first-order valence-corrected chi connectivity index (χ1v) is 12.1. The third-order valence-corrected chi connectivity index (χ3v) is 6.94. The number of phenolic OH excluding ortho intramolecular Hbond substituents is 1. The summed E-state index contributed by atoms with van der Waals surface area (Å²) in [5, 5.41) is 24.2. The Hall–Kier alpha value is -3.18. The molecule has 0 radical (unpaired) electrons. The predicted molar refractivity (Wildman–Crippen MR) is 135 cm³/mol. The maximum atomic E-state index is 11.9. The van der Waals surface area contributed by atoms with Gasteiger partial charge in [-0.1, -0.05) is 24.1 Å². The monoisotopic (exact) mass is 483 g/mol. The fourth-order valence-corrected chi connectivity index (χ4v) is 5.01. The van der Waals surface area contributed by atoms with Crippen LogP contribution in [0.15, 0.2) is 35.3 Å². The molecule has 0 aromatic heterocycles. The molecule has 1 spiro atoms. The van der Waals surface area contributed by atoms with Crippen LogP contribution in [0.4, 0.5) is 0 Å². The van der Waals surface area contributed by atoms with Crippen LogP contribution in [0.2, 0.25) is 0 Å². The summed E-state index contributed by atoms with van der Waals surface area (Å²) >= 11 is 0. The van der Waals surface area contributed by atoms with Gasteiger partial charge in [0.1, 0.15) is 6.10 Å². The number of guanidine groups is 1. The maximum absolute atomic E-state index is 11.9. The Morgan fingerprint density at radius 2 is 2.17 bits per heavy atom. The Kier molecular flexibility index (Phi) is 9.05. The number of hydrogen-bond acceptors (Lipinski definition) is 6. The summed E-state index contributed by atoms with van der Waals surface area (Å²) in [5.41, 5.74) is 6.53. The van der Waals surface area contributed by atoms with Gasteiger partial charge in [-0.2, -0.15) is 0 Å². The molecule has 1 aromatic carbocycles. The number of allylic oxidation sites excluding steroid dienone is 1. The van der Waals surface area contributed by atoms with Crippen LogP contribution in [0.1, 0.15) is 51.0 Å². The van der Waals surface area contributed by atoms with E-state index in [1.807, 2.05) is 6.07 Å². The van der Waals surface area contributed by atoms with E-state index in [4.69, 9.17) is 15.2 Å². The first-order valence-electron chi connectivity index (χ1n) is 12.1. The minimum Gasteiger partial charge on any atom is -0.504 e. The summed E-state index contributed by atoms with van der Waals surface area (Å²) in [6, 6.07) is 5.09. The van der Waals surface area contributed by atoms with Crippen molar-refractivity contribution in [3.05, 3.63) is 35.9 Å². The predicted octanol–water partition coefficient (Wildman–Crippen LogP) is 2.67. The highest BCUT2D eigenvalue weighted by Crippen LogP contribution is 2.39. The highest BCUT2D eigenvalue weighted by molar-refractivity contribution is 5.78. The van der Waals surface area contributed by atoms with Gasteiger partial charge < -0.3 is 30.7 Å². The number of nitrogens with zero attached hydrogens (tertiary/aromatic N) is 1. The van der Waals surface area contributed by atoms with Crippen LogP contribution >= 0.6 is 0 Å². The molecule has 35 heavy (non-hydrogen) atoms. The van der Waals surface area contributed by atoms with E-state index in [2.05, 4.69) is 34.3 Å². The molecule has 5 N–H and O–H groups in total. The van der Waals surface area contributed by atoms with Crippen molar-refractivity contribution >= 4 is 11.9 Å². The molecule has 5 atom stereocenters. The maximum Gasteiger partial charge on any atom is 0.302 e. The summed E-state index contributed by atoms with van der Waals surface area (Å²) in [7, 11) is 3.15. The van der Waals surface area contributed by atoms with E-state index < -0.39 is 12.2 Å². The number of esters is 1. The van der Waals surface area contributed by atoms with Crippen LogP contribution in [-0.4, -0.2) is 54.5 Å². The molecule has 8 nitrogen and oxygen atoms in total. The van der Waals surface area contributed by atoms with E-state index in [0.29, 0.717) is 43.8 Å². The third kappa shape index (κ3) is 6.92. The molecule has 1 aromatic rings. The van der Waals surface area contributed by atoms with Crippen LogP contribution in [0, 0.1) is 23.2 Å². The number of carbonyl (C=O) groups excluding carboxylic acids is 1. The van der Waals surface area contributed by atoms with E-state index in [0.717, 1.165) is 18.4 Å². The second-order valence-corrected chi connectivity index (χ2v) is 9.41. The molecular weight excluding hydrogens is 446 g/mol. The van der Waals surface area contributed by atoms with Crippen molar-refractivity contribution in [1.29, 1.82) is 0 Å². The average Bonchev–Trinajstić information content (AvgIpc) is 2.83. The summed E-state index contributed by atoms with van der Waals surface area (Å²) in [6.45, 7) is 1.39. The normalized spacial score (nSPS) is 29.1. The number of rotatable bonds is 5. The molecule has 2 aliphatic rings. The lowest BCUT2D eigenvalue weighted by Gasteiger charge is -2.39. The SMILES string of the molecule is CN=C(N)N[C@@H]1C=CCC[C@]12C#CC[C@H](Cc1ccc(O)c(OC)c1)[C@H](OC(C)=O)C[C@@H](O)CC2. The molecule has 3 rings (SSSR count). The number of ether oxygens (including phenoxy) is 2. The van der Waals surface area contributed by atoms with E-state index in [-0.39, 0.29) is 29.1 Å². The van der Waals surface area contributed by atoms with Crippen LogP contribution in [0.3, 0.4) is 0 Å². The molecule has 2 aliphatic carbocycles. The number of nitrogens with one attached hydrogen (secondary N) is 1. The smallest absolute Gasteiger partial charge is 0.302 e. The second kappa shape index (κ2) is 12.0. The number of nitrogens with two attached hydrogens (primary N) is 1. The lowest BCUT2D eigenvalue weighted by molar-refractivity contribution is -0.151. The minimum absolute atomic E-state index is 0.0645. The summed E-state index contributed by atoms with van der Waals surface area (Å²) in [4.78, 5) is 15.9. The van der Waals surface area contributed by atoms with Gasteiger partial charge in [0.2, 0.25) is 0 Å². The molecular formula is C27H37N3O5. The van der Waals surface area contributed by atoms with Crippen LogP contribution < -0.4 is 15.8 Å². The van der Waals surface area contributed by atoms with Crippen molar-refractivity contribution in [3.63, 3.8) is 0 Å². The van der Waals surface area contributed by atoms with Crippen LogP contribution in [0.25, 0.3) is 0 Å². The molecule has 0 fully saturated rings. The molecule has 0 heterocycles. The quantitative estimate of drug-likeness (QED) is 0.167. The van der Waals surface area contributed by atoms with Gasteiger partial charge in [-0.15, -0.1) is 5.92 Å². The zero-order valence-electron chi connectivity index (χ0n) is 20.8. The number of aromatic hydroxyl groups is 1. The summed E-state index contributed by atoms with van der Waals surface area (Å²) in [5.74, 6) is 7.22. The first kappa shape index (κ1) is 26.4. The fourth-order valence-electron chi connectivity index (χ4n) is 5.01. The Balaban J connectivity index is 1.95. The number of carbonyl (C=O) groups is 1. The highest BCUT2D eigenvalue weighted by atomic mass is 16.5. The second-order valence-electron chi connectivity index (χ2n) is 9.41. The number of methoxy groups -OCH3 is 1. The standard InChI is InChI=1S/C27H37N3O5/c1-18(31)35-23-17-21(32)11-14-27(12-5-4-8-25(27)30-26(28)29-2)13-6-7-20(23)15-19-9-10-22(33)24(16-19)34-3/h4,8-10,16,20-21,23,25,32-33H,5,7,11-12,14-15,17H2,1-3H3,(H3,28,29,30)/t20-,21+,23-,25-,27-/m1/s1. The molecule has 190 valence electrons. The van der Waals surface area contributed by atoms with Crippen LogP contribution in [-0.2, 0) is 16.0 Å². The van der Waals surface area contributed by atoms with Crippen molar-refractivity contribution in [2.45, 2.75) is 70.1 Å². The number of aliphatic hydroxyl groups excluding tert-OH is 1. The fraction of sp³-hybridized carbons (Fsp3) is 0.556. The lowest BCUT2D eigenvalue weighted by Crippen LogP contribution is -2.50. The van der Waals surface area contributed by atoms with Crippen molar-refractivity contribution < 1.29 is 24.5 Å². The molecule has 0 bridgehead atoms. The molecule has 8 heteroatoms. The Morgan fingerprint density at radius 3 is 2.89 bits per heavy atom. The Bertz CT molecular complexity index is 1010. The molecule has 0 aliphatic heterocycles. The van der Waals surface area contributed by atoms with Gasteiger partial charge in [0.05, 0.1) is 24.7 Å². The zero-order chi connectivity index (χ0) is 25.4. The number of benzene rings is 1. The summed E-state index contributed by atoms with van der Waals surface area (Å²) < 4.78 is 10.9. The minimum atomic E-state index is -0.642. The van der Waals surface area contributed by atoms with Gasteiger partial charge >= 0.3 is 5.97 Å². The highest BCUT2D eigenvalue weighted by Gasteiger charge is 2.39. The van der Waals surface area contributed by atoms with Crippen molar-refractivity contribution in [1.82, 2.24) is 5.32 Å². The Labute approximate surface area is 207 Å². The number of aliphatic imine (C=N–C) groups is 1. The molecule has 0 saturated heterocycles. The number of phenols is 1. The van der Waals surface area contributed by atoms with Gasteiger partial charge in [0.15, 0.2) is 17.5 Å². The van der Waals surface area contributed by atoms with Gasteiger partial charge in [-0.25, -0.2) is 0 Å². The van der Waals surface area contributed by atoms with Gasteiger partial charge in [0, 0.05) is 32.7 Å². The van der Waals surface area contributed by atoms with Crippen molar-refractivity contribution in [2.75, 3.05) is 14.2 Å². The van der Waals surface area contributed by atoms with Gasteiger partial charge in [0.25, 0.3) is 0 Å². The topological polar surface area (TPSA) is 126 Å². The molecule has 0 amide bonds. The summed E-state index contributed by atoms with van der Waals surface area (Å²) in [6.07, 6.45) is 7.45.